The minimum absolute atomic E-state index is 0.171. The minimum atomic E-state index is -0.171. The van der Waals surface area contributed by atoms with Crippen LogP contribution in [0.3, 0.4) is 0 Å². The second-order valence-electron chi connectivity index (χ2n) is 3.83. The van der Waals surface area contributed by atoms with Crippen LogP contribution in [0.25, 0.3) is 0 Å². The minimum Gasteiger partial charge on any atom is -0.421 e. The highest BCUT2D eigenvalue weighted by atomic mass is 28.2. The summed E-state index contributed by atoms with van der Waals surface area (Å²) in [5, 5.41) is 0. The van der Waals surface area contributed by atoms with Crippen molar-refractivity contribution in [2.45, 2.75) is 58.1 Å². The summed E-state index contributed by atoms with van der Waals surface area (Å²) in [6.07, 6.45) is 8.99. The molecule has 0 heterocycles. The molecule has 12 heavy (non-hydrogen) atoms. The van der Waals surface area contributed by atoms with Crippen LogP contribution in [0, 0.1) is 5.92 Å². The van der Waals surface area contributed by atoms with Gasteiger partial charge in [0.2, 0.25) is 0 Å². The summed E-state index contributed by atoms with van der Waals surface area (Å²) >= 11 is 0. The highest BCUT2D eigenvalue weighted by molar-refractivity contribution is 6.24. The van der Waals surface area contributed by atoms with Crippen molar-refractivity contribution in [1.29, 1.82) is 0 Å². The Labute approximate surface area is 78.8 Å². The van der Waals surface area contributed by atoms with E-state index in [1.54, 1.807) is 0 Å². The Morgan fingerprint density at radius 3 is 2.92 bits per heavy atom. The molecule has 0 radical (unpaired) electrons. The molecule has 0 aromatic carbocycles. The Balaban J connectivity index is 2.20. The normalized spacial score (nSPS) is 30.5. The molecule has 0 aliphatic heterocycles. The van der Waals surface area contributed by atoms with E-state index in [1.165, 1.54) is 38.5 Å². The van der Waals surface area contributed by atoms with Crippen molar-refractivity contribution in [2.24, 2.45) is 5.92 Å². The summed E-state index contributed by atoms with van der Waals surface area (Å²) < 4.78 is 5.85. The van der Waals surface area contributed by atoms with Gasteiger partial charge in [0, 0.05) is 6.10 Å². The molecule has 1 fully saturated rings. The third-order valence-electron chi connectivity index (χ3n) is 2.90. The molecule has 0 saturated heterocycles. The highest BCUT2D eigenvalue weighted by Gasteiger charge is 2.26. The Hall–Kier alpha value is 0.177. The standard InChI is InChI=1S/C10H22OSi/c1-3-4-6-9-7-5-8-10(9)11-12-2/h9-10H,3-8,12H2,1-2H3. The van der Waals surface area contributed by atoms with Gasteiger partial charge in [0.15, 0.2) is 9.76 Å². The van der Waals surface area contributed by atoms with Crippen molar-refractivity contribution >= 4 is 9.76 Å². The molecule has 0 aromatic rings. The van der Waals surface area contributed by atoms with Gasteiger partial charge in [-0.15, -0.1) is 0 Å². The fourth-order valence-corrected chi connectivity index (χ4v) is 3.10. The number of rotatable bonds is 5. The second kappa shape index (κ2) is 5.76. The number of hydrogen-bond donors (Lipinski definition) is 0. The lowest BCUT2D eigenvalue weighted by molar-refractivity contribution is 0.160. The zero-order valence-corrected chi connectivity index (χ0v) is 9.93. The molecule has 1 nitrogen and oxygen atoms in total. The summed E-state index contributed by atoms with van der Waals surface area (Å²) in [7, 11) is -0.171. The second-order valence-corrected chi connectivity index (χ2v) is 4.74. The molecule has 2 unspecified atom stereocenters. The maximum atomic E-state index is 5.85. The zero-order valence-electron chi connectivity index (χ0n) is 8.51. The van der Waals surface area contributed by atoms with Gasteiger partial charge in [-0.25, -0.2) is 0 Å². The fraction of sp³-hybridized carbons (Fsp3) is 1.00. The van der Waals surface area contributed by atoms with Gasteiger partial charge in [-0.3, -0.25) is 0 Å². The molecule has 72 valence electrons. The predicted octanol–water partition coefficient (Wildman–Crippen LogP) is 2.49. The van der Waals surface area contributed by atoms with Gasteiger partial charge in [0.1, 0.15) is 0 Å². The zero-order chi connectivity index (χ0) is 8.81. The molecule has 0 bridgehead atoms. The third-order valence-corrected chi connectivity index (χ3v) is 3.66. The lowest BCUT2D eigenvalue weighted by Crippen LogP contribution is -2.19. The number of unbranched alkanes of at least 4 members (excludes halogenated alkanes) is 1. The molecule has 0 spiro atoms. The summed E-state index contributed by atoms with van der Waals surface area (Å²) in [6.45, 7) is 4.52. The molecule has 1 aliphatic carbocycles. The number of hydrogen-bond acceptors (Lipinski definition) is 1. The molecule has 0 aromatic heterocycles. The third kappa shape index (κ3) is 2.90. The van der Waals surface area contributed by atoms with Crippen LogP contribution in [0.4, 0.5) is 0 Å². The molecular formula is C10H22OSi. The van der Waals surface area contributed by atoms with Crippen LogP contribution in [-0.2, 0) is 4.43 Å². The SMILES string of the molecule is CCCCC1CCCC1O[SiH2]C. The van der Waals surface area contributed by atoms with E-state index in [4.69, 9.17) is 4.43 Å². The first kappa shape index (κ1) is 10.3. The van der Waals surface area contributed by atoms with Crippen LogP contribution in [0.1, 0.15) is 45.4 Å². The quantitative estimate of drug-likeness (QED) is 0.599. The molecule has 0 N–H and O–H groups in total. The highest BCUT2D eigenvalue weighted by Crippen LogP contribution is 2.31. The molecule has 1 aliphatic rings. The van der Waals surface area contributed by atoms with E-state index in [-0.39, 0.29) is 9.76 Å². The first-order valence-corrected chi connectivity index (χ1v) is 7.49. The maximum absolute atomic E-state index is 5.85. The smallest absolute Gasteiger partial charge is 0.158 e. The van der Waals surface area contributed by atoms with Crippen LogP contribution >= 0.6 is 0 Å². The van der Waals surface area contributed by atoms with Gasteiger partial charge in [-0.1, -0.05) is 32.7 Å². The van der Waals surface area contributed by atoms with Crippen molar-refractivity contribution < 1.29 is 4.43 Å². The van der Waals surface area contributed by atoms with E-state index < -0.39 is 0 Å². The van der Waals surface area contributed by atoms with E-state index in [1.807, 2.05) is 0 Å². The Morgan fingerprint density at radius 1 is 1.42 bits per heavy atom. The molecule has 2 atom stereocenters. The van der Waals surface area contributed by atoms with E-state index in [0.29, 0.717) is 6.10 Å². The maximum Gasteiger partial charge on any atom is 0.158 e. The lowest BCUT2D eigenvalue weighted by Gasteiger charge is -2.19. The fourth-order valence-electron chi connectivity index (χ4n) is 2.23. The summed E-state index contributed by atoms with van der Waals surface area (Å²) in [5.41, 5.74) is 0. The molecule has 1 rings (SSSR count). The Morgan fingerprint density at radius 2 is 2.25 bits per heavy atom. The van der Waals surface area contributed by atoms with E-state index in [0.717, 1.165) is 5.92 Å². The van der Waals surface area contributed by atoms with Crippen LogP contribution in [0.15, 0.2) is 0 Å². The first-order chi connectivity index (χ1) is 5.88. The van der Waals surface area contributed by atoms with Crippen molar-refractivity contribution in [1.82, 2.24) is 0 Å². The van der Waals surface area contributed by atoms with E-state index in [2.05, 4.69) is 13.5 Å². The van der Waals surface area contributed by atoms with Gasteiger partial charge < -0.3 is 4.43 Å². The van der Waals surface area contributed by atoms with Crippen LogP contribution in [-0.4, -0.2) is 15.9 Å². The Bertz CT molecular complexity index is 116. The van der Waals surface area contributed by atoms with E-state index in [9.17, 15) is 0 Å². The predicted molar refractivity (Wildman–Crippen MR) is 56.1 cm³/mol. The van der Waals surface area contributed by atoms with Crippen molar-refractivity contribution in [2.75, 3.05) is 0 Å². The van der Waals surface area contributed by atoms with Crippen LogP contribution in [0.5, 0.6) is 0 Å². The summed E-state index contributed by atoms with van der Waals surface area (Å²) in [5.74, 6) is 0.914. The lowest BCUT2D eigenvalue weighted by atomic mass is 9.99. The van der Waals surface area contributed by atoms with Crippen molar-refractivity contribution in [3.8, 4) is 0 Å². The van der Waals surface area contributed by atoms with Gasteiger partial charge in [-0.05, 0) is 25.2 Å². The summed E-state index contributed by atoms with van der Waals surface area (Å²) in [6, 6.07) is 0. The molecular weight excluding hydrogens is 164 g/mol. The first-order valence-electron chi connectivity index (χ1n) is 5.50. The largest absolute Gasteiger partial charge is 0.421 e. The van der Waals surface area contributed by atoms with Gasteiger partial charge in [0.05, 0.1) is 0 Å². The molecule has 1 saturated carbocycles. The Kier molecular flexibility index (Phi) is 4.92. The van der Waals surface area contributed by atoms with Gasteiger partial charge in [0.25, 0.3) is 0 Å². The average Bonchev–Trinajstić information content (AvgIpc) is 2.50. The van der Waals surface area contributed by atoms with Gasteiger partial charge >= 0.3 is 0 Å². The van der Waals surface area contributed by atoms with Crippen molar-refractivity contribution in [3.05, 3.63) is 0 Å². The van der Waals surface area contributed by atoms with E-state index >= 15 is 0 Å². The van der Waals surface area contributed by atoms with Gasteiger partial charge in [-0.2, -0.15) is 0 Å². The molecule has 0 amide bonds. The topological polar surface area (TPSA) is 9.23 Å². The van der Waals surface area contributed by atoms with Crippen molar-refractivity contribution in [3.63, 3.8) is 0 Å². The summed E-state index contributed by atoms with van der Waals surface area (Å²) in [4.78, 5) is 0. The molecule has 2 heteroatoms. The average molecular weight is 186 g/mol. The monoisotopic (exact) mass is 186 g/mol. The van der Waals surface area contributed by atoms with Crippen LogP contribution < -0.4 is 0 Å². The van der Waals surface area contributed by atoms with Crippen LogP contribution in [0.2, 0.25) is 6.55 Å².